The molecule has 10 nitrogen and oxygen atoms in total. The summed E-state index contributed by atoms with van der Waals surface area (Å²) in [6, 6.07) is 17.6. The summed E-state index contributed by atoms with van der Waals surface area (Å²) in [7, 11) is 0. The quantitative estimate of drug-likeness (QED) is 0.0839. The Hall–Kier alpha value is -4.04. The summed E-state index contributed by atoms with van der Waals surface area (Å²) in [5.41, 5.74) is 6.73. The molecule has 0 saturated heterocycles. The number of nitro groups is 1. The van der Waals surface area contributed by atoms with Crippen LogP contribution in [0.3, 0.4) is 0 Å². The van der Waals surface area contributed by atoms with Gasteiger partial charge in [-0.05, 0) is 85.0 Å². The molecule has 0 unspecified atom stereocenters. The Bertz CT molecular complexity index is 1740. The van der Waals surface area contributed by atoms with Crippen molar-refractivity contribution in [2.24, 2.45) is 5.10 Å². The average molecular weight is 700 g/mol. The van der Waals surface area contributed by atoms with Gasteiger partial charge in [0.1, 0.15) is 17.5 Å². The number of furan rings is 1. The van der Waals surface area contributed by atoms with Gasteiger partial charge in [-0.2, -0.15) is 5.10 Å². The minimum Gasteiger partial charge on any atom is -0.450 e. The van der Waals surface area contributed by atoms with Crippen LogP contribution in [0.25, 0.3) is 16.7 Å². The zero-order chi connectivity index (χ0) is 27.7. The number of amides is 1. The third kappa shape index (κ3) is 5.71. The van der Waals surface area contributed by atoms with Crippen LogP contribution in [0.15, 0.2) is 80.9 Å². The van der Waals surface area contributed by atoms with E-state index in [4.69, 9.17) is 9.15 Å². The normalized spacial score (nSPS) is 11.3. The third-order valence-electron chi connectivity index (χ3n) is 5.85. The van der Waals surface area contributed by atoms with Crippen molar-refractivity contribution in [2.75, 3.05) is 0 Å². The number of benzene rings is 2. The zero-order valence-electron chi connectivity index (χ0n) is 20.5. The van der Waals surface area contributed by atoms with E-state index in [0.717, 1.165) is 42.3 Å². The molecule has 0 aliphatic carbocycles. The van der Waals surface area contributed by atoms with Gasteiger partial charge in [0.05, 0.1) is 14.7 Å². The summed E-state index contributed by atoms with van der Waals surface area (Å²) in [6.07, 6.45) is 2.75. The number of hydrazone groups is 1. The topological polar surface area (TPSA) is 125 Å². The van der Waals surface area contributed by atoms with Crippen LogP contribution < -0.4 is 10.2 Å². The largest absolute Gasteiger partial charge is 0.450 e. The first-order chi connectivity index (χ1) is 18.7. The molecule has 1 N–H and O–H groups in total. The Morgan fingerprint density at radius 2 is 1.95 bits per heavy atom. The van der Waals surface area contributed by atoms with Gasteiger partial charge in [-0.15, -0.1) is 0 Å². The van der Waals surface area contributed by atoms with Gasteiger partial charge in [0.15, 0.2) is 5.76 Å². The van der Waals surface area contributed by atoms with E-state index in [9.17, 15) is 14.9 Å². The van der Waals surface area contributed by atoms with Gasteiger partial charge in [0.25, 0.3) is 5.69 Å². The summed E-state index contributed by atoms with van der Waals surface area (Å²) in [5, 5.41) is 15.7. The van der Waals surface area contributed by atoms with E-state index in [1.54, 1.807) is 24.4 Å². The van der Waals surface area contributed by atoms with Crippen molar-refractivity contribution < 1.29 is 18.9 Å². The molecule has 39 heavy (non-hydrogen) atoms. The highest BCUT2D eigenvalue weighted by molar-refractivity contribution is 14.1. The van der Waals surface area contributed by atoms with Crippen molar-refractivity contribution in [2.45, 2.75) is 13.8 Å². The number of carbonyl (C=O) groups excluding carboxylic acids is 1. The van der Waals surface area contributed by atoms with Crippen LogP contribution in [0.1, 0.15) is 27.5 Å². The molecule has 0 aliphatic heterocycles. The monoisotopic (exact) mass is 699 g/mol. The lowest BCUT2D eigenvalue weighted by molar-refractivity contribution is -0.385. The van der Waals surface area contributed by atoms with E-state index in [1.165, 1.54) is 12.1 Å². The second-order valence-electron chi connectivity index (χ2n) is 8.49. The Labute approximate surface area is 244 Å². The second-order valence-corrected chi connectivity index (χ2v) is 10.6. The maximum atomic E-state index is 12.6. The fourth-order valence-electron chi connectivity index (χ4n) is 4.04. The van der Waals surface area contributed by atoms with Crippen LogP contribution in [0.2, 0.25) is 0 Å². The number of pyridine rings is 1. The van der Waals surface area contributed by atoms with Gasteiger partial charge in [-0.25, -0.2) is 10.4 Å². The van der Waals surface area contributed by atoms with Crippen LogP contribution in [0.4, 0.5) is 5.69 Å². The number of halogens is 2. The van der Waals surface area contributed by atoms with Crippen molar-refractivity contribution in [3.63, 3.8) is 0 Å². The van der Waals surface area contributed by atoms with Crippen molar-refractivity contribution in [3.05, 3.63) is 108 Å². The lowest BCUT2D eigenvalue weighted by Crippen LogP contribution is -2.16. The first-order valence-electron chi connectivity index (χ1n) is 11.5. The lowest BCUT2D eigenvalue weighted by Gasteiger charge is -2.11. The molecule has 0 fully saturated rings. The Morgan fingerprint density at radius 3 is 2.64 bits per heavy atom. The maximum absolute atomic E-state index is 12.6. The highest BCUT2D eigenvalue weighted by Gasteiger charge is 2.15. The lowest BCUT2D eigenvalue weighted by atomic mass is 10.2. The van der Waals surface area contributed by atoms with Crippen LogP contribution in [-0.2, 0) is 0 Å². The molecule has 0 spiro atoms. The van der Waals surface area contributed by atoms with E-state index < -0.39 is 10.8 Å². The number of nitrogens with zero attached hydrogens (tertiary/aromatic N) is 4. The van der Waals surface area contributed by atoms with E-state index in [2.05, 4.69) is 58.6 Å². The van der Waals surface area contributed by atoms with E-state index in [-0.39, 0.29) is 17.3 Å². The van der Waals surface area contributed by atoms with Crippen LogP contribution in [-0.4, -0.2) is 26.6 Å². The average Bonchev–Trinajstić information content (AvgIpc) is 3.45. The number of aromatic nitrogens is 2. The zero-order valence-corrected chi connectivity index (χ0v) is 24.3. The molecule has 196 valence electrons. The highest BCUT2D eigenvalue weighted by Crippen LogP contribution is 2.29. The molecule has 0 radical (unpaired) electrons. The predicted octanol–water partition coefficient (Wildman–Crippen LogP) is 7.07. The van der Waals surface area contributed by atoms with Crippen LogP contribution in [0, 0.1) is 27.5 Å². The summed E-state index contributed by atoms with van der Waals surface area (Å²) < 4.78 is 15.3. The van der Waals surface area contributed by atoms with Gasteiger partial charge < -0.3 is 13.7 Å². The van der Waals surface area contributed by atoms with Crippen molar-refractivity contribution in [3.8, 4) is 17.3 Å². The predicted molar refractivity (Wildman–Crippen MR) is 158 cm³/mol. The third-order valence-corrected chi connectivity index (χ3v) is 7.11. The second kappa shape index (κ2) is 11.0. The molecular weight excluding hydrogens is 681 g/mol. The van der Waals surface area contributed by atoms with Crippen LogP contribution in [0.5, 0.6) is 11.6 Å². The van der Waals surface area contributed by atoms with E-state index in [1.807, 2.05) is 44.2 Å². The van der Waals surface area contributed by atoms with Crippen LogP contribution >= 0.6 is 38.5 Å². The Balaban J connectivity index is 1.28. The molecule has 2 aromatic carbocycles. The van der Waals surface area contributed by atoms with E-state index in [0.29, 0.717) is 11.3 Å². The van der Waals surface area contributed by atoms with Crippen molar-refractivity contribution in [1.29, 1.82) is 0 Å². The Morgan fingerprint density at radius 1 is 1.18 bits per heavy atom. The van der Waals surface area contributed by atoms with Gasteiger partial charge in [-0.1, -0.05) is 15.9 Å². The number of hydrogen-bond donors (Lipinski definition) is 1. The molecule has 5 aromatic rings. The number of hydrogen-bond acceptors (Lipinski definition) is 7. The van der Waals surface area contributed by atoms with Crippen molar-refractivity contribution >= 4 is 67.3 Å². The first kappa shape index (κ1) is 26.6. The fourth-order valence-corrected chi connectivity index (χ4v) is 5.70. The molecule has 0 aliphatic rings. The van der Waals surface area contributed by atoms with E-state index >= 15 is 0 Å². The smallest absolute Gasteiger partial charge is 0.307 e. The standard InChI is InChI=1S/C27H19BrIN5O5/c1-15-9-18(13-31-32-27(35)24-11-17-10-19(28)12-23(29)26(17)39-24)16(2)33(15)20-3-6-22(7-4-20)38-25-8-5-21(14-30-25)34(36)37/h3-14H,1-2H3,(H,32,35)/b31-13-. The Kier molecular flexibility index (Phi) is 7.48. The molecule has 0 atom stereocenters. The summed E-state index contributed by atoms with van der Waals surface area (Å²) in [4.78, 5) is 26.8. The molecule has 0 saturated carbocycles. The minimum atomic E-state index is -0.513. The van der Waals surface area contributed by atoms with Gasteiger partial charge in [-0.3, -0.25) is 14.9 Å². The SMILES string of the molecule is Cc1cc(/C=N\NC(=O)c2cc3cc(Br)cc(I)c3o2)c(C)n1-c1ccc(Oc2ccc([N+](=O)[O-])cn2)cc1. The fraction of sp³-hybridized carbons (Fsp3) is 0.0741. The number of carbonyl (C=O) groups is 1. The highest BCUT2D eigenvalue weighted by atomic mass is 127. The first-order valence-corrected chi connectivity index (χ1v) is 13.4. The minimum absolute atomic E-state index is 0.104. The molecule has 1 amide bonds. The summed E-state index contributed by atoms with van der Waals surface area (Å²) >= 11 is 5.61. The number of fused-ring (bicyclic) bond motifs is 1. The van der Waals surface area contributed by atoms with Gasteiger partial charge in [0.2, 0.25) is 5.88 Å². The number of nitrogens with one attached hydrogen (secondary N) is 1. The molecule has 12 heteroatoms. The van der Waals surface area contributed by atoms with Crippen molar-refractivity contribution in [1.82, 2.24) is 15.0 Å². The molecule has 3 heterocycles. The maximum Gasteiger partial charge on any atom is 0.307 e. The molecule has 3 aromatic heterocycles. The number of ether oxygens (including phenoxy) is 1. The number of aryl methyl sites for hydroxylation is 1. The van der Waals surface area contributed by atoms with Gasteiger partial charge >= 0.3 is 5.91 Å². The van der Waals surface area contributed by atoms with Gasteiger partial charge in [0, 0.05) is 44.6 Å². The molecule has 0 bridgehead atoms. The molecule has 5 rings (SSSR count). The summed E-state index contributed by atoms with van der Waals surface area (Å²) in [5.74, 6) is 0.531. The molecular formula is C27H19BrIN5O5. The number of rotatable bonds is 7. The summed E-state index contributed by atoms with van der Waals surface area (Å²) in [6.45, 7) is 3.93.